The Morgan fingerprint density at radius 2 is 2.12 bits per heavy atom. The zero-order valence-electron chi connectivity index (χ0n) is 13.1. The van der Waals surface area contributed by atoms with E-state index in [9.17, 15) is 9.90 Å². The number of carbonyl (C=O) groups excluding carboxylic acids is 1. The molecule has 2 fully saturated rings. The monoisotopic (exact) mass is 331 g/mol. The first-order chi connectivity index (χ1) is 11.6. The maximum atomic E-state index is 12.4. The first kappa shape index (κ1) is 15.6. The van der Waals surface area contributed by atoms with Gasteiger partial charge < -0.3 is 30.6 Å². The standard InChI is InChI=1S/C17H21N3O4/c18-11(5-9-6-19-12-4-2-1-3-10(9)12)17(22)20-13-7-23-16-14(21)8-24-15(13)16/h1-4,6,11,13-16,19,21H,5,7-8,18H2,(H,20,22)/t11-,13+,14-,15-,16-/m1/s1. The van der Waals surface area contributed by atoms with Crippen LogP contribution < -0.4 is 11.1 Å². The molecular weight excluding hydrogens is 310 g/mol. The number of carbonyl (C=O) groups is 1. The van der Waals surface area contributed by atoms with E-state index >= 15 is 0 Å². The Kier molecular flexibility index (Phi) is 4.01. The molecule has 5 atom stereocenters. The number of rotatable bonds is 4. The van der Waals surface area contributed by atoms with Gasteiger partial charge >= 0.3 is 0 Å². The normalized spacial score (nSPS) is 30.4. The Labute approximate surface area is 139 Å². The molecule has 5 N–H and O–H groups in total. The first-order valence-electron chi connectivity index (χ1n) is 8.15. The van der Waals surface area contributed by atoms with Gasteiger partial charge in [0.15, 0.2) is 0 Å². The molecule has 24 heavy (non-hydrogen) atoms. The maximum absolute atomic E-state index is 12.4. The third kappa shape index (κ3) is 2.69. The van der Waals surface area contributed by atoms with Crippen molar-refractivity contribution < 1.29 is 19.4 Å². The molecule has 3 heterocycles. The summed E-state index contributed by atoms with van der Waals surface area (Å²) in [7, 11) is 0. The average Bonchev–Trinajstić information content (AvgIpc) is 3.26. The number of amides is 1. The fraction of sp³-hybridized carbons (Fsp3) is 0.471. The molecule has 0 saturated carbocycles. The van der Waals surface area contributed by atoms with Crippen LogP contribution in [0.25, 0.3) is 10.9 Å². The summed E-state index contributed by atoms with van der Waals surface area (Å²) < 4.78 is 11.0. The van der Waals surface area contributed by atoms with Gasteiger partial charge in [0, 0.05) is 17.1 Å². The summed E-state index contributed by atoms with van der Waals surface area (Å²) in [5.41, 5.74) is 8.13. The number of ether oxygens (including phenoxy) is 2. The fourth-order valence-corrected chi connectivity index (χ4v) is 3.52. The molecule has 0 unspecified atom stereocenters. The van der Waals surface area contributed by atoms with E-state index in [2.05, 4.69) is 10.3 Å². The number of nitrogens with one attached hydrogen (secondary N) is 2. The minimum atomic E-state index is -0.658. The summed E-state index contributed by atoms with van der Waals surface area (Å²) in [5.74, 6) is -0.237. The minimum absolute atomic E-state index is 0.237. The molecule has 2 aromatic rings. The topological polar surface area (TPSA) is 110 Å². The van der Waals surface area contributed by atoms with Crippen LogP contribution in [0.3, 0.4) is 0 Å². The molecule has 7 heteroatoms. The zero-order chi connectivity index (χ0) is 16.7. The predicted molar refractivity (Wildman–Crippen MR) is 87.4 cm³/mol. The van der Waals surface area contributed by atoms with Crippen molar-refractivity contribution in [3.63, 3.8) is 0 Å². The van der Waals surface area contributed by atoms with Gasteiger partial charge in [0.1, 0.15) is 18.3 Å². The molecule has 128 valence electrons. The summed E-state index contributed by atoms with van der Waals surface area (Å²) in [4.78, 5) is 15.6. The molecule has 0 spiro atoms. The first-order valence-corrected chi connectivity index (χ1v) is 8.15. The van der Waals surface area contributed by atoms with Crippen molar-refractivity contribution >= 4 is 16.8 Å². The van der Waals surface area contributed by atoms with Crippen LogP contribution in [0, 0.1) is 0 Å². The molecule has 1 aromatic heterocycles. The summed E-state index contributed by atoms with van der Waals surface area (Å²) in [6, 6.07) is 6.99. The molecule has 0 radical (unpaired) electrons. The van der Waals surface area contributed by atoms with Crippen molar-refractivity contribution in [2.75, 3.05) is 13.2 Å². The van der Waals surface area contributed by atoms with Crippen LogP contribution in [0.5, 0.6) is 0 Å². The number of hydrogen-bond acceptors (Lipinski definition) is 5. The van der Waals surface area contributed by atoms with Crippen molar-refractivity contribution in [2.45, 2.75) is 36.8 Å². The van der Waals surface area contributed by atoms with E-state index in [-0.39, 0.29) is 30.8 Å². The lowest BCUT2D eigenvalue weighted by atomic mass is 10.0. The summed E-state index contributed by atoms with van der Waals surface area (Å²) in [5, 5.41) is 13.7. The van der Waals surface area contributed by atoms with Gasteiger partial charge in [0.05, 0.1) is 25.3 Å². The van der Waals surface area contributed by atoms with Gasteiger partial charge in [-0.25, -0.2) is 0 Å². The number of H-pyrrole nitrogens is 1. The van der Waals surface area contributed by atoms with Gasteiger partial charge in [0.2, 0.25) is 5.91 Å². The summed E-state index contributed by atoms with van der Waals surface area (Å²) in [6.07, 6.45) is 1.05. The smallest absolute Gasteiger partial charge is 0.237 e. The van der Waals surface area contributed by atoms with E-state index in [1.54, 1.807) is 0 Å². The van der Waals surface area contributed by atoms with Crippen molar-refractivity contribution in [1.82, 2.24) is 10.3 Å². The molecule has 0 aliphatic carbocycles. The highest BCUT2D eigenvalue weighted by Gasteiger charge is 2.47. The Balaban J connectivity index is 1.40. The third-order valence-corrected chi connectivity index (χ3v) is 4.81. The second kappa shape index (κ2) is 6.18. The van der Waals surface area contributed by atoms with E-state index in [4.69, 9.17) is 15.2 Å². The number of fused-ring (bicyclic) bond motifs is 2. The van der Waals surface area contributed by atoms with Crippen LogP contribution in [0.1, 0.15) is 5.56 Å². The Morgan fingerprint density at radius 3 is 3.00 bits per heavy atom. The largest absolute Gasteiger partial charge is 0.388 e. The van der Waals surface area contributed by atoms with E-state index < -0.39 is 12.1 Å². The van der Waals surface area contributed by atoms with Gasteiger partial charge in [-0.3, -0.25) is 4.79 Å². The van der Waals surface area contributed by atoms with E-state index in [1.165, 1.54) is 0 Å². The molecule has 1 amide bonds. The SMILES string of the molecule is N[C@H](Cc1c[nH]c2ccccc12)C(=O)N[C@H]1CO[C@H]2[C@@H]1OC[C@H]2O. The number of aliphatic hydroxyl groups is 1. The number of aromatic nitrogens is 1. The quantitative estimate of drug-likeness (QED) is 0.614. The highest BCUT2D eigenvalue weighted by atomic mass is 16.6. The minimum Gasteiger partial charge on any atom is -0.388 e. The van der Waals surface area contributed by atoms with Crippen LogP contribution in [0.4, 0.5) is 0 Å². The highest BCUT2D eigenvalue weighted by molar-refractivity contribution is 5.86. The lowest BCUT2D eigenvalue weighted by Crippen LogP contribution is -2.50. The number of para-hydroxylation sites is 1. The van der Waals surface area contributed by atoms with Crippen LogP contribution in [-0.4, -0.2) is 59.6 Å². The molecule has 0 bridgehead atoms. The lowest BCUT2D eigenvalue weighted by Gasteiger charge is -2.20. The lowest BCUT2D eigenvalue weighted by molar-refractivity contribution is -0.123. The number of benzene rings is 1. The van der Waals surface area contributed by atoms with Crippen LogP contribution in [0.2, 0.25) is 0 Å². The van der Waals surface area contributed by atoms with Gasteiger partial charge in [-0.05, 0) is 18.1 Å². The maximum Gasteiger partial charge on any atom is 0.237 e. The third-order valence-electron chi connectivity index (χ3n) is 4.81. The van der Waals surface area contributed by atoms with Crippen LogP contribution in [0.15, 0.2) is 30.5 Å². The fourth-order valence-electron chi connectivity index (χ4n) is 3.52. The van der Waals surface area contributed by atoms with Crippen molar-refractivity contribution in [1.29, 1.82) is 0 Å². The van der Waals surface area contributed by atoms with Gasteiger partial charge in [-0.2, -0.15) is 0 Å². The second-order valence-corrected chi connectivity index (χ2v) is 6.45. The zero-order valence-corrected chi connectivity index (χ0v) is 13.1. The van der Waals surface area contributed by atoms with Crippen molar-refractivity contribution in [2.24, 2.45) is 5.73 Å². The Morgan fingerprint density at radius 1 is 1.33 bits per heavy atom. The number of nitrogens with two attached hydrogens (primary N) is 1. The van der Waals surface area contributed by atoms with E-state index in [1.807, 2.05) is 30.5 Å². The van der Waals surface area contributed by atoms with Crippen molar-refractivity contribution in [3.8, 4) is 0 Å². The molecule has 2 saturated heterocycles. The molecule has 2 aliphatic heterocycles. The molecule has 1 aromatic carbocycles. The van der Waals surface area contributed by atoms with Crippen LogP contribution in [-0.2, 0) is 20.7 Å². The predicted octanol–water partition coefficient (Wildman–Crippen LogP) is -0.319. The Hall–Kier alpha value is -1.93. The summed E-state index contributed by atoms with van der Waals surface area (Å²) >= 11 is 0. The average molecular weight is 331 g/mol. The van der Waals surface area contributed by atoms with Crippen molar-refractivity contribution in [3.05, 3.63) is 36.0 Å². The molecular formula is C17H21N3O4. The molecule has 2 aliphatic rings. The Bertz CT molecular complexity index is 746. The second-order valence-electron chi connectivity index (χ2n) is 6.45. The number of aromatic amines is 1. The van der Waals surface area contributed by atoms with E-state index in [0.29, 0.717) is 13.0 Å². The molecule has 7 nitrogen and oxygen atoms in total. The van der Waals surface area contributed by atoms with E-state index in [0.717, 1.165) is 16.5 Å². The highest BCUT2D eigenvalue weighted by Crippen LogP contribution is 2.27. The van der Waals surface area contributed by atoms with Gasteiger partial charge in [-0.15, -0.1) is 0 Å². The number of hydrogen-bond donors (Lipinski definition) is 4. The van der Waals surface area contributed by atoms with Gasteiger partial charge in [0.25, 0.3) is 0 Å². The summed E-state index contributed by atoms with van der Waals surface area (Å²) in [6.45, 7) is 0.570. The van der Waals surface area contributed by atoms with Gasteiger partial charge in [-0.1, -0.05) is 18.2 Å². The van der Waals surface area contributed by atoms with Crippen LogP contribution >= 0.6 is 0 Å². The number of aliphatic hydroxyl groups excluding tert-OH is 1. The molecule has 4 rings (SSSR count).